The van der Waals surface area contributed by atoms with E-state index in [4.69, 9.17) is 10.5 Å². The minimum absolute atomic E-state index is 0.145. The Kier molecular flexibility index (Phi) is 4.85. The predicted octanol–water partition coefficient (Wildman–Crippen LogP) is 1.44. The summed E-state index contributed by atoms with van der Waals surface area (Å²) in [5.41, 5.74) is 5.64. The van der Waals surface area contributed by atoms with E-state index in [0.717, 1.165) is 12.8 Å². The molecule has 3 nitrogen and oxygen atoms in total. The lowest BCUT2D eigenvalue weighted by Crippen LogP contribution is -2.41. The van der Waals surface area contributed by atoms with Crippen molar-refractivity contribution < 1.29 is 9.84 Å². The van der Waals surface area contributed by atoms with Gasteiger partial charge in [0.25, 0.3) is 0 Å². The van der Waals surface area contributed by atoms with Crippen LogP contribution in [0, 0.1) is 0 Å². The highest BCUT2D eigenvalue weighted by molar-refractivity contribution is 4.84. The molecule has 1 aliphatic rings. The fourth-order valence-corrected chi connectivity index (χ4v) is 2.08. The molecule has 0 amide bonds. The van der Waals surface area contributed by atoms with Gasteiger partial charge in [-0.05, 0) is 19.8 Å². The number of hydrogen-bond acceptors (Lipinski definition) is 3. The summed E-state index contributed by atoms with van der Waals surface area (Å²) in [5, 5.41) is 9.20. The molecule has 0 bridgehead atoms. The van der Waals surface area contributed by atoms with Gasteiger partial charge in [-0.2, -0.15) is 0 Å². The van der Waals surface area contributed by atoms with Crippen LogP contribution in [0.5, 0.6) is 0 Å². The van der Waals surface area contributed by atoms with Crippen LogP contribution in [0.25, 0.3) is 0 Å². The third-order valence-corrected chi connectivity index (χ3v) is 3.02. The Morgan fingerprint density at radius 1 is 1.29 bits per heavy atom. The van der Waals surface area contributed by atoms with Crippen LogP contribution in [0.15, 0.2) is 0 Å². The first kappa shape index (κ1) is 12.0. The number of nitrogens with two attached hydrogens (primary N) is 1. The van der Waals surface area contributed by atoms with Gasteiger partial charge >= 0.3 is 0 Å². The summed E-state index contributed by atoms with van der Waals surface area (Å²) in [6.07, 6.45) is 6.71. The Balaban J connectivity index is 2.45. The Morgan fingerprint density at radius 3 is 2.29 bits per heavy atom. The fraction of sp³-hybridized carbons (Fsp3) is 1.00. The minimum Gasteiger partial charge on any atom is -0.391 e. The van der Waals surface area contributed by atoms with Crippen molar-refractivity contribution in [2.45, 2.75) is 57.2 Å². The number of hydrogen-bond donors (Lipinski definition) is 2. The molecule has 14 heavy (non-hydrogen) atoms. The molecule has 1 rings (SSSR count). The molecule has 1 aliphatic carbocycles. The molecule has 0 aromatic heterocycles. The first-order valence-corrected chi connectivity index (χ1v) is 5.71. The molecule has 0 aliphatic heterocycles. The summed E-state index contributed by atoms with van der Waals surface area (Å²) >= 11 is 0. The van der Waals surface area contributed by atoms with Gasteiger partial charge in [0.05, 0.1) is 18.3 Å². The largest absolute Gasteiger partial charge is 0.391 e. The SMILES string of the molecule is CC(O)COC1(CN)CCCCCC1. The molecule has 1 unspecified atom stereocenters. The average Bonchev–Trinajstić information content (AvgIpc) is 2.41. The molecule has 0 heterocycles. The second-order valence-corrected chi connectivity index (χ2v) is 4.46. The van der Waals surface area contributed by atoms with E-state index in [9.17, 15) is 5.11 Å². The van der Waals surface area contributed by atoms with Crippen LogP contribution in [0.4, 0.5) is 0 Å². The van der Waals surface area contributed by atoms with Gasteiger partial charge in [0.15, 0.2) is 0 Å². The first-order chi connectivity index (χ1) is 6.68. The summed E-state index contributed by atoms with van der Waals surface area (Å²) in [7, 11) is 0. The molecule has 0 saturated heterocycles. The van der Waals surface area contributed by atoms with Gasteiger partial charge in [0.1, 0.15) is 0 Å². The van der Waals surface area contributed by atoms with Crippen molar-refractivity contribution in [3.05, 3.63) is 0 Å². The fourth-order valence-electron chi connectivity index (χ4n) is 2.08. The van der Waals surface area contributed by atoms with Crippen LogP contribution in [-0.4, -0.2) is 30.0 Å². The van der Waals surface area contributed by atoms with Crippen LogP contribution in [0.1, 0.15) is 45.4 Å². The van der Waals surface area contributed by atoms with Crippen LogP contribution >= 0.6 is 0 Å². The summed E-state index contributed by atoms with van der Waals surface area (Å²) in [4.78, 5) is 0. The van der Waals surface area contributed by atoms with Crippen molar-refractivity contribution in [3.63, 3.8) is 0 Å². The van der Waals surface area contributed by atoms with Crippen molar-refractivity contribution in [1.82, 2.24) is 0 Å². The van der Waals surface area contributed by atoms with E-state index in [0.29, 0.717) is 13.2 Å². The molecular formula is C11H23NO2. The molecule has 0 radical (unpaired) electrons. The topological polar surface area (TPSA) is 55.5 Å². The molecule has 1 saturated carbocycles. The van der Waals surface area contributed by atoms with Gasteiger partial charge in [0.2, 0.25) is 0 Å². The van der Waals surface area contributed by atoms with Crippen molar-refractivity contribution in [2.24, 2.45) is 5.73 Å². The number of aliphatic hydroxyl groups excluding tert-OH is 1. The first-order valence-electron chi connectivity index (χ1n) is 5.71. The van der Waals surface area contributed by atoms with Gasteiger partial charge < -0.3 is 15.6 Å². The molecule has 0 aromatic carbocycles. The zero-order valence-electron chi connectivity index (χ0n) is 9.17. The van der Waals surface area contributed by atoms with Crippen LogP contribution in [0.3, 0.4) is 0 Å². The van der Waals surface area contributed by atoms with Crippen LogP contribution < -0.4 is 5.73 Å². The average molecular weight is 201 g/mol. The van der Waals surface area contributed by atoms with Crippen molar-refractivity contribution in [3.8, 4) is 0 Å². The zero-order chi connectivity index (χ0) is 10.4. The summed E-state index contributed by atoms with van der Waals surface area (Å²) in [5.74, 6) is 0. The van der Waals surface area contributed by atoms with E-state index in [2.05, 4.69) is 0 Å². The molecule has 84 valence electrons. The molecular weight excluding hydrogens is 178 g/mol. The molecule has 0 spiro atoms. The Bertz CT molecular complexity index is 151. The van der Waals surface area contributed by atoms with E-state index < -0.39 is 0 Å². The monoisotopic (exact) mass is 201 g/mol. The molecule has 3 heteroatoms. The van der Waals surface area contributed by atoms with E-state index in [1.54, 1.807) is 6.92 Å². The summed E-state index contributed by atoms with van der Waals surface area (Å²) in [6.45, 7) is 2.75. The highest BCUT2D eigenvalue weighted by atomic mass is 16.5. The predicted molar refractivity (Wildman–Crippen MR) is 57.1 cm³/mol. The normalized spacial score (nSPS) is 24.2. The third-order valence-electron chi connectivity index (χ3n) is 3.02. The lowest BCUT2D eigenvalue weighted by Gasteiger charge is -2.32. The third kappa shape index (κ3) is 3.56. The maximum Gasteiger partial charge on any atom is 0.0805 e. The van der Waals surface area contributed by atoms with E-state index in [1.165, 1.54) is 25.7 Å². The molecule has 3 N–H and O–H groups in total. The summed E-state index contributed by atoms with van der Waals surface area (Å²) < 4.78 is 5.79. The van der Waals surface area contributed by atoms with E-state index in [-0.39, 0.29) is 11.7 Å². The van der Waals surface area contributed by atoms with E-state index >= 15 is 0 Å². The van der Waals surface area contributed by atoms with Gasteiger partial charge in [-0.1, -0.05) is 25.7 Å². The number of aliphatic hydroxyl groups is 1. The molecule has 0 aromatic rings. The summed E-state index contributed by atoms with van der Waals surface area (Å²) in [6, 6.07) is 0. The van der Waals surface area contributed by atoms with Crippen molar-refractivity contribution in [2.75, 3.05) is 13.2 Å². The Hall–Kier alpha value is -0.120. The van der Waals surface area contributed by atoms with Gasteiger partial charge in [-0.3, -0.25) is 0 Å². The smallest absolute Gasteiger partial charge is 0.0805 e. The quantitative estimate of drug-likeness (QED) is 0.677. The standard InChI is InChI=1S/C11H23NO2/c1-10(13)8-14-11(9-12)6-4-2-3-5-7-11/h10,13H,2-9,12H2,1H3. The van der Waals surface area contributed by atoms with Crippen molar-refractivity contribution >= 4 is 0 Å². The van der Waals surface area contributed by atoms with Gasteiger partial charge in [0, 0.05) is 6.54 Å². The lowest BCUT2D eigenvalue weighted by atomic mass is 9.94. The lowest BCUT2D eigenvalue weighted by molar-refractivity contribution is -0.0790. The number of ether oxygens (including phenoxy) is 1. The molecule has 1 fully saturated rings. The minimum atomic E-state index is -0.387. The van der Waals surface area contributed by atoms with Crippen LogP contribution in [-0.2, 0) is 4.74 Å². The zero-order valence-corrected chi connectivity index (χ0v) is 9.17. The maximum atomic E-state index is 9.20. The van der Waals surface area contributed by atoms with Gasteiger partial charge in [-0.25, -0.2) is 0 Å². The van der Waals surface area contributed by atoms with Crippen LogP contribution in [0.2, 0.25) is 0 Å². The second kappa shape index (κ2) is 5.69. The Morgan fingerprint density at radius 2 is 1.86 bits per heavy atom. The molecule has 1 atom stereocenters. The van der Waals surface area contributed by atoms with Crippen molar-refractivity contribution in [1.29, 1.82) is 0 Å². The number of rotatable bonds is 4. The van der Waals surface area contributed by atoms with Gasteiger partial charge in [-0.15, -0.1) is 0 Å². The highest BCUT2D eigenvalue weighted by Gasteiger charge is 2.30. The second-order valence-electron chi connectivity index (χ2n) is 4.46. The maximum absolute atomic E-state index is 9.20. The highest BCUT2D eigenvalue weighted by Crippen LogP contribution is 2.29. The Labute approximate surface area is 86.6 Å². The van der Waals surface area contributed by atoms with E-state index in [1.807, 2.05) is 0 Å².